The van der Waals surface area contributed by atoms with Gasteiger partial charge >= 0.3 is 6.36 Å². The van der Waals surface area contributed by atoms with Gasteiger partial charge in [0, 0.05) is 18.3 Å². The van der Waals surface area contributed by atoms with Crippen molar-refractivity contribution in [3.63, 3.8) is 0 Å². The molecular formula is C12H14F3NO. The Hall–Kier alpha value is -1.65. The third-order valence-corrected chi connectivity index (χ3v) is 1.95. The van der Waals surface area contributed by atoms with Crippen LogP contribution >= 0.6 is 0 Å². The van der Waals surface area contributed by atoms with Crippen molar-refractivity contribution in [2.75, 3.05) is 11.9 Å². The van der Waals surface area contributed by atoms with Crippen molar-refractivity contribution in [1.29, 1.82) is 0 Å². The zero-order valence-corrected chi connectivity index (χ0v) is 9.47. The summed E-state index contributed by atoms with van der Waals surface area (Å²) in [6, 6.07) is 5.76. The maximum Gasteiger partial charge on any atom is 0.573 e. The molecule has 0 bridgehead atoms. The van der Waals surface area contributed by atoms with Crippen molar-refractivity contribution in [1.82, 2.24) is 0 Å². The van der Waals surface area contributed by atoms with E-state index in [4.69, 9.17) is 0 Å². The molecule has 0 fully saturated rings. The zero-order chi connectivity index (χ0) is 12.9. The summed E-state index contributed by atoms with van der Waals surface area (Å²) in [4.78, 5) is 0. The smallest absolute Gasteiger partial charge is 0.406 e. The summed E-state index contributed by atoms with van der Waals surface area (Å²) in [6.07, 6.45) is -3.89. The third kappa shape index (κ3) is 5.85. The van der Waals surface area contributed by atoms with Crippen LogP contribution in [0.1, 0.15) is 13.3 Å². The van der Waals surface area contributed by atoms with Gasteiger partial charge in [0.2, 0.25) is 0 Å². The third-order valence-electron chi connectivity index (χ3n) is 1.95. The van der Waals surface area contributed by atoms with Crippen LogP contribution < -0.4 is 10.1 Å². The first-order valence-electron chi connectivity index (χ1n) is 5.11. The molecule has 0 heterocycles. The molecule has 94 valence electrons. The fourth-order valence-corrected chi connectivity index (χ4v) is 1.22. The summed E-state index contributed by atoms with van der Waals surface area (Å²) in [7, 11) is 0. The Kier molecular flexibility index (Phi) is 4.43. The van der Waals surface area contributed by atoms with Crippen molar-refractivity contribution >= 4 is 5.69 Å². The van der Waals surface area contributed by atoms with Gasteiger partial charge in [0.1, 0.15) is 5.75 Å². The van der Waals surface area contributed by atoms with E-state index in [1.807, 2.05) is 6.92 Å². The van der Waals surface area contributed by atoms with E-state index < -0.39 is 6.36 Å². The van der Waals surface area contributed by atoms with Gasteiger partial charge in [0.05, 0.1) is 0 Å². The molecule has 0 aliphatic heterocycles. The number of rotatable bonds is 5. The van der Waals surface area contributed by atoms with Gasteiger partial charge < -0.3 is 10.1 Å². The second kappa shape index (κ2) is 5.61. The number of ether oxygens (including phenoxy) is 1. The molecule has 0 atom stereocenters. The normalized spacial score (nSPS) is 11.1. The molecule has 0 saturated heterocycles. The van der Waals surface area contributed by atoms with Crippen LogP contribution in [0.5, 0.6) is 5.75 Å². The number of hydrogen-bond donors (Lipinski definition) is 1. The number of anilines is 1. The van der Waals surface area contributed by atoms with Gasteiger partial charge in [-0.15, -0.1) is 19.8 Å². The molecule has 1 aromatic carbocycles. The standard InChI is InChI=1S/C12H14F3NO/c1-9(2)6-7-16-10-4-3-5-11(8-10)17-12(13,14)15/h3-5,8,16H,1,6-7H2,2H3. The van der Waals surface area contributed by atoms with Crippen molar-refractivity contribution in [3.8, 4) is 5.75 Å². The average molecular weight is 245 g/mol. The number of hydrogen-bond acceptors (Lipinski definition) is 2. The number of nitrogens with one attached hydrogen (secondary N) is 1. The number of alkyl halides is 3. The summed E-state index contributed by atoms with van der Waals surface area (Å²) in [5.74, 6) is -0.224. The lowest BCUT2D eigenvalue weighted by atomic mass is 10.2. The topological polar surface area (TPSA) is 21.3 Å². The molecule has 0 spiro atoms. The zero-order valence-electron chi connectivity index (χ0n) is 9.47. The lowest BCUT2D eigenvalue weighted by molar-refractivity contribution is -0.274. The SMILES string of the molecule is C=C(C)CCNc1cccc(OC(F)(F)F)c1. The molecule has 0 amide bonds. The Labute approximate surface area is 98.1 Å². The van der Waals surface area contributed by atoms with E-state index in [0.717, 1.165) is 12.0 Å². The first-order valence-corrected chi connectivity index (χ1v) is 5.11. The predicted molar refractivity (Wildman–Crippen MR) is 61.0 cm³/mol. The molecular weight excluding hydrogens is 231 g/mol. The summed E-state index contributed by atoms with van der Waals surface area (Å²) in [5.41, 5.74) is 1.60. The maximum atomic E-state index is 12.0. The van der Waals surface area contributed by atoms with E-state index in [0.29, 0.717) is 12.2 Å². The molecule has 0 aliphatic rings. The molecule has 0 radical (unpaired) electrons. The Bertz CT molecular complexity index is 388. The summed E-state index contributed by atoms with van der Waals surface area (Å²) in [5, 5.41) is 2.99. The molecule has 5 heteroatoms. The van der Waals surface area contributed by atoms with Crippen LogP contribution in [0.4, 0.5) is 18.9 Å². The van der Waals surface area contributed by atoms with Gasteiger partial charge in [0.25, 0.3) is 0 Å². The second-order valence-corrected chi connectivity index (χ2v) is 3.71. The predicted octanol–water partition coefficient (Wildman–Crippen LogP) is 3.96. The fraction of sp³-hybridized carbons (Fsp3) is 0.333. The minimum absolute atomic E-state index is 0.224. The largest absolute Gasteiger partial charge is 0.573 e. The number of benzene rings is 1. The van der Waals surface area contributed by atoms with Gasteiger partial charge in [-0.05, 0) is 25.5 Å². The Morgan fingerprint density at radius 3 is 2.71 bits per heavy atom. The van der Waals surface area contributed by atoms with Crippen molar-refractivity contribution < 1.29 is 17.9 Å². The van der Waals surface area contributed by atoms with E-state index in [2.05, 4.69) is 16.6 Å². The highest BCUT2D eigenvalue weighted by Crippen LogP contribution is 2.24. The van der Waals surface area contributed by atoms with E-state index >= 15 is 0 Å². The number of halogens is 3. The lowest BCUT2D eigenvalue weighted by Gasteiger charge is -2.11. The van der Waals surface area contributed by atoms with Crippen LogP contribution in [0, 0.1) is 0 Å². The Morgan fingerprint density at radius 2 is 2.12 bits per heavy atom. The molecule has 1 N–H and O–H groups in total. The van der Waals surface area contributed by atoms with Crippen molar-refractivity contribution in [2.45, 2.75) is 19.7 Å². The molecule has 0 aliphatic carbocycles. The first-order chi connectivity index (χ1) is 7.87. The highest BCUT2D eigenvalue weighted by Gasteiger charge is 2.31. The summed E-state index contributed by atoms with van der Waals surface area (Å²) >= 11 is 0. The van der Waals surface area contributed by atoms with Crippen molar-refractivity contribution in [2.24, 2.45) is 0 Å². The van der Waals surface area contributed by atoms with Crippen LogP contribution in [0.15, 0.2) is 36.4 Å². The van der Waals surface area contributed by atoms with Crippen LogP contribution in [0.3, 0.4) is 0 Å². The minimum atomic E-state index is -4.66. The van der Waals surface area contributed by atoms with E-state index in [1.54, 1.807) is 6.07 Å². The summed E-state index contributed by atoms with van der Waals surface area (Å²) in [6.45, 7) is 6.26. The molecule has 1 rings (SSSR count). The van der Waals surface area contributed by atoms with Crippen molar-refractivity contribution in [3.05, 3.63) is 36.4 Å². The minimum Gasteiger partial charge on any atom is -0.406 e. The summed E-state index contributed by atoms with van der Waals surface area (Å²) < 4.78 is 39.7. The fourth-order valence-electron chi connectivity index (χ4n) is 1.22. The van der Waals surface area contributed by atoms with E-state index in [9.17, 15) is 13.2 Å². The molecule has 17 heavy (non-hydrogen) atoms. The van der Waals surface area contributed by atoms with E-state index in [-0.39, 0.29) is 5.75 Å². The quantitative estimate of drug-likeness (QED) is 0.793. The van der Waals surface area contributed by atoms with Crippen LogP contribution in [-0.4, -0.2) is 12.9 Å². The first kappa shape index (κ1) is 13.4. The van der Waals surface area contributed by atoms with Gasteiger partial charge in [-0.3, -0.25) is 0 Å². The molecule has 0 unspecified atom stereocenters. The Morgan fingerprint density at radius 1 is 1.41 bits per heavy atom. The van der Waals surface area contributed by atoms with Crippen LogP contribution in [0.25, 0.3) is 0 Å². The molecule has 2 nitrogen and oxygen atoms in total. The van der Waals surface area contributed by atoms with Gasteiger partial charge in [-0.2, -0.15) is 0 Å². The second-order valence-electron chi connectivity index (χ2n) is 3.71. The van der Waals surface area contributed by atoms with E-state index in [1.165, 1.54) is 18.2 Å². The average Bonchev–Trinajstić information content (AvgIpc) is 2.14. The Balaban J connectivity index is 2.57. The van der Waals surface area contributed by atoms with Gasteiger partial charge in [0.15, 0.2) is 0 Å². The highest BCUT2D eigenvalue weighted by molar-refractivity contribution is 5.48. The maximum absolute atomic E-state index is 12.0. The highest BCUT2D eigenvalue weighted by atomic mass is 19.4. The molecule has 0 aromatic heterocycles. The lowest BCUT2D eigenvalue weighted by Crippen LogP contribution is -2.17. The monoisotopic (exact) mass is 245 g/mol. The van der Waals surface area contributed by atoms with Gasteiger partial charge in [-0.1, -0.05) is 11.6 Å². The van der Waals surface area contributed by atoms with Gasteiger partial charge in [-0.25, -0.2) is 0 Å². The molecule has 0 saturated carbocycles. The van der Waals surface area contributed by atoms with Crippen LogP contribution in [-0.2, 0) is 0 Å². The van der Waals surface area contributed by atoms with Crippen LogP contribution in [0.2, 0.25) is 0 Å². The molecule has 1 aromatic rings.